The first-order valence-corrected chi connectivity index (χ1v) is 11.2. The van der Waals surface area contributed by atoms with E-state index in [0.717, 1.165) is 11.1 Å². The lowest BCUT2D eigenvalue weighted by molar-refractivity contribution is 0.0951. The second-order valence-electron chi connectivity index (χ2n) is 7.32. The van der Waals surface area contributed by atoms with Crippen LogP contribution in [0, 0.1) is 13.8 Å². The molecule has 0 radical (unpaired) electrons. The van der Waals surface area contributed by atoms with Gasteiger partial charge in [-0.25, -0.2) is 8.42 Å². The topological polar surface area (TPSA) is 75.7 Å². The molecule has 162 valence electrons. The lowest BCUT2D eigenvalue weighted by Gasteiger charge is -2.22. The van der Waals surface area contributed by atoms with Crippen LogP contribution in [0.1, 0.15) is 27.0 Å². The molecule has 0 unspecified atom stereocenters. The minimum atomic E-state index is -3.75. The number of rotatable bonds is 7. The van der Waals surface area contributed by atoms with Gasteiger partial charge < -0.3 is 10.1 Å². The molecule has 0 aliphatic rings. The van der Waals surface area contributed by atoms with Gasteiger partial charge in [-0.1, -0.05) is 29.8 Å². The van der Waals surface area contributed by atoms with Crippen LogP contribution in [0.3, 0.4) is 0 Å². The third-order valence-electron chi connectivity index (χ3n) is 5.05. The lowest BCUT2D eigenvalue weighted by atomic mass is 10.1. The number of sulfonamides is 1. The molecule has 0 aliphatic heterocycles. The van der Waals surface area contributed by atoms with Crippen molar-refractivity contribution >= 4 is 21.6 Å². The number of benzene rings is 3. The molecule has 3 aromatic carbocycles. The van der Waals surface area contributed by atoms with Crippen molar-refractivity contribution in [2.45, 2.75) is 25.3 Å². The number of carbonyl (C=O) groups is 1. The SMILES string of the molecule is COc1ccc(S(=O)(=O)N(C)c2ccc(C(=O)NCc3cccc(C)c3)cc2C)cc1. The van der Waals surface area contributed by atoms with Gasteiger partial charge in [0.05, 0.1) is 17.7 Å². The summed E-state index contributed by atoms with van der Waals surface area (Å²) in [6.07, 6.45) is 0. The highest BCUT2D eigenvalue weighted by atomic mass is 32.2. The van der Waals surface area contributed by atoms with Crippen LogP contribution in [0.4, 0.5) is 5.69 Å². The van der Waals surface area contributed by atoms with E-state index in [2.05, 4.69) is 5.32 Å². The van der Waals surface area contributed by atoms with E-state index in [1.807, 2.05) is 31.2 Å². The Bertz CT molecular complexity index is 1190. The average Bonchev–Trinajstić information content (AvgIpc) is 2.77. The van der Waals surface area contributed by atoms with Crippen molar-refractivity contribution in [3.05, 3.63) is 89.0 Å². The van der Waals surface area contributed by atoms with Gasteiger partial charge in [-0.05, 0) is 67.4 Å². The summed E-state index contributed by atoms with van der Waals surface area (Å²) in [4.78, 5) is 12.7. The first kappa shape index (κ1) is 22.4. The molecule has 0 aliphatic carbocycles. The first-order chi connectivity index (χ1) is 14.7. The average molecular weight is 439 g/mol. The van der Waals surface area contributed by atoms with E-state index >= 15 is 0 Å². The van der Waals surface area contributed by atoms with Crippen molar-refractivity contribution in [2.24, 2.45) is 0 Å². The van der Waals surface area contributed by atoms with Gasteiger partial charge in [-0.2, -0.15) is 0 Å². The van der Waals surface area contributed by atoms with Gasteiger partial charge >= 0.3 is 0 Å². The molecule has 6 nitrogen and oxygen atoms in total. The molecule has 7 heteroatoms. The number of aryl methyl sites for hydroxylation is 2. The Balaban J connectivity index is 1.76. The Hall–Kier alpha value is -3.32. The maximum atomic E-state index is 13.0. The third-order valence-corrected chi connectivity index (χ3v) is 6.84. The van der Waals surface area contributed by atoms with Gasteiger partial charge in [-0.15, -0.1) is 0 Å². The lowest BCUT2D eigenvalue weighted by Crippen LogP contribution is -2.27. The van der Waals surface area contributed by atoms with Gasteiger partial charge in [0.25, 0.3) is 15.9 Å². The summed E-state index contributed by atoms with van der Waals surface area (Å²) in [6.45, 7) is 4.21. The largest absolute Gasteiger partial charge is 0.497 e. The zero-order chi connectivity index (χ0) is 22.6. The summed E-state index contributed by atoms with van der Waals surface area (Å²) >= 11 is 0. The molecular formula is C24H26N2O4S. The maximum absolute atomic E-state index is 13.0. The molecule has 0 spiro atoms. The third kappa shape index (κ3) is 5.06. The predicted molar refractivity (Wildman–Crippen MR) is 122 cm³/mol. The van der Waals surface area contributed by atoms with Gasteiger partial charge in [0.2, 0.25) is 0 Å². The van der Waals surface area contributed by atoms with E-state index in [0.29, 0.717) is 29.1 Å². The fourth-order valence-electron chi connectivity index (χ4n) is 3.29. The molecule has 1 amide bonds. The highest BCUT2D eigenvalue weighted by Gasteiger charge is 2.23. The number of methoxy groups -OCH3 is 1. The smallest absolute Gasteiger partial charge is 0.264 e. The molecule has 3 rings (SSSR count). The quantitative estimate of drug-likeness (QED) is 0.603. The van der Waals surface area contributed by atoms with E-state index < -0.39 is 10.0 Å². The fraction of sp³-hybridized carbons (Fsp3) is 0.208. The van der Waals surface area contributed by atoms with Crippen molar-refractivity contribution in [1.82, 2.24) is 5.32 Å². The molecule has 31 heavy (non-hydrogen) atoms. The van der Waals surface area contributed by atoms with Crippen LogP contribution in [0.25, 0.3) is 0 Å². The van der Waals surface area contributed by atoms with Crippen molar-refractivity contribution < 1.29 is 17.9 Å². The fourth-order valence-corrected chi connectivity index (χ4v) is 4.55. The van der Waals surface area contributed by atoms with Crippen LogP contribution < -0.4 is 14.4 Å². The summed E-state index contributed by atoms with van der Waals surface area (Å²) < 4.78 is 32.3. The Labute approximate surface area is 183 Å². The van der Waals surface area contributed by atoms with Crippen LogP contribution in [-0.4, -0.2) is 28.5 Å². The highest BCUT2D eigenvalue weighted by molar-refractivity contribution is 7.92. The van der Waals surface area contributed by atoms with E-state index in [-0.39, 0.29) is 10.8 Å². The minimum absolute atomic E-state index is 0.162. The van der Waals surface area contributed by atoms with Crippen LogP contribution in [0.15, 0.2) is 71.6 Å². The summed E-state index contributed by atoms with van der Waals surface area (Å²) in [5, 5.41) is 2.90. The molecule has 3 aromatic rings. The number of amides is 1. The Morgan fingerprint density at radius 3 is 2.32 bits per heavy atom. The van der Waals surface area contributed by atoms with Crippen molar-refractivity contribution in [3.8, 4) is 5.75 Å². The van der Waals surface area contributed by atoms with Gasteiger partial charge in [0, 0.05) is 19.2 Å². The molecule has 0 atom stereocenters. The molecule has 0 aromatic heterocycles. The summed E-state index contributed by atoms with van der Waals surface area (Å²) in [5.74, 6) is 0.371. The molecule has 1 N–H and O–H groups in total. The number of hydrogen-bond donors (Lipinski definition) is 1. The Kier molecular flexibility index (Phi) is 6.65. The minimum Gasteiger partial charge on any atom is -0.497 e. The second kappa shape index (κ2) is 9.22. The van der Waals surface area contributed by atoms with Crippen LogP contribution in [0.5, 0.6) is 5.75 Å². The number of carbonyl (C=O) groups excluding carboxylic acids is 1. The van der Waals surface area contributed by atoms with Crippen LogP contribution >= 0.6 is 0 Å². The number of ether oxygens (including phenoxy) is 1. The number of nitrogens with one attached hydrogen (secondary N) is 1. The standard InChI is InChI=1S/C24H26N2O4S/c1-17-6-5-7-19(14-17)16-25-24(27)20-8-13-23(18(2)15-20)26(3)31(28,29)22-11-9-21(30-4)10-12-22/h5-15H,16H2,1-4H3,(H,25,27). The first-order valence-electron chi connectivity index (χ1n) is 9.80. The predicted octanol–water partition coefficient (Wildman–Crippen LogP) is 4.07. The zero-order valence-electron chi connectivity index (χ0n) is 18.0. The number of nitrogens with zero attached hydrogens (tertiary/aromatic N) is 1. The van der Waals surface area contributed by atoms with Crippen LogP contribution in [0.2, 0.25) is 0 Å². The monoisotopic (exact) mass is 438 g/mol. The van der Waals surface area contributed by atoms with Crippen LogP contribution in [-0.2, 0) is 16.6 Å². The Morgan fingerprint density at radius 1 is 1.00 bits per heavy atom. The van der Waals surface area contributed by atoms with Gasteiger partial charge in [0.1, 0.15) is 5.75 Å². The molecule has 0 bridgehead atoms. The Morgan fingerprint density at radius 2 is 1.71 bits per heavy atom. The second-order valence-corrected chi connectivity index (χ2v) is 9.29. The van der Waals surface area contributed by atoms with E-state index in [1.165, 1.54) is 30.6 Å². The molecule has 0 saturated heterocycles. The maximum Gasteiger partial charge on any atom is 0.264 e. The molecular weight excluding hydrogens is 412 g/mol. The summed E-state index contributed by atoms with van der Waals surface area (Å²) in [5.41, 5.74) is 3.82. The number of hydrogen-bond acceptors (Lipinski definition) is 4. The van der Waals surface area contributed by atoms with Gasteiger partial charge in [-0.3, -0.25) is 9.10 Å². The number of anilines is 1. The molecule has 0 fully saturated rings. The van der Waals surface area contributed by atoms with Crippen molar-refractivity contribution in [3.63, 3.8) is 0 Å². The summed E-state index contributed by atoms with van der Waals surface area (Å²) in [6, 6.07) is 19.1. The molecule has 0 heterocycles. The van der Waals surface area contributed by atoms with E-state index in [1.54, 1.807) is 37.3 Å². The normalized spacial score (nSPS) is 11.1. The van der Waals surface area contributed by atoms with E-state index in [9.17, 15) is 13.2 Å². The van der Waals surface area contributed by atoms with E-state index in [4.69, 9.17) is 4.74 Å². The molecule has 0 saturated carbocycles. The van der Waals surface area contributed by atoms with Gasteiger partial charge in [0.15, 0.2) is 0 Å². The zero-order valence-corrected chi connectivity index (χ0v) is 18.9. The highest BCUT2D eigenvalue weighted by Crippen LogP contribution is 2.27. The summed E-state index contributed by atoms with van der Waals surface area (Å²) in [7, 11) is -0.721. The van der Waals surface area contributed by atoms with Crippen molar-refractivity contribution in [2.75, 3.05) is 18.5 Å². The van der Waals surface area contributed by atoms with Crippen molar-refractivity contribution in [1.29, 1.82) is 0 Å².